The Hall–Kier alpha value is -1.35. The van der Waals surface area contributed by atoms with Crippen molar-refractivity contribution in [2.75, 3.05) is 26.2 Å². The minimum atomic E-state index is -0.221. The number of carbonyl (C=O) groups excluding carboxylic acids is 1. The first kappa shape index (κ1) is 13.1. The lowest BCUT2D eigenvalue weighted by atomic mass is 9.99. The lowest BCUT2D eigenvalue weighted by Crippen LogP contribution is -2.35. The second kappa shape index (κ2) is 6.55. The SMILES string of the molecule is CC1CCN(CCOC(=O)c2ccccc2)CC1. The Balaban J connectivity index is 1.68. The molecule has 1 aliphatic heterocycles. The molecule has 1 heterocycles. The number of hydrogen-bond acceptors (Lipinski definition) is 3. The highest BCUT2D eigenvalue weighted by Crippen LogP contribution is 2.15. The molecule has 0 amide bonds. The summed E-state index contributed by atoms with van der Waals surface area (Å²) in [6.07, 6.45) is 2.51. The fourth-order valence-electron chi connectivity index (χ4n) is 2.21. The van der Waals surface area contributed by atoms with Crippen LogP contribution in [0.5, 0.6) is 0 Å². The van der Waals surface area contributed by atoms with Gasteiger partial charge in [-0.3, -0.25) is 4.90 Å². The molecule has 0 spiro atoms. The van der Waals surface area contributed by atoms with E-state index < -0.39 is 0 Å². The van der Waals surface area contributed by atoms with Crippen LogP contribution in [0.15, 0.2) is 30.3 Å². The van der Waals surface area contributed by atoms with Crippen LogP contribution in [0.4, 0.5) is 0 Å². The van der Waals surface area contributed by atoms with Gasteiger partial charge in [0.05, 0.1) is 5.56 Å². The Morgan fingerprint density at radius 1 is 1.28 bits per heavy atom. The fraction of sp³-hybridized carbons (Fsp3) is 0.533. The minimum absolute atomic E-state index is 0.221. The second-order valence-electron chi connectivity index (χ2n) is 5.03. The number of likely N-dealkylation sites (tertiary alicyclic amines) is 1. The quantitative estimate of drug-likeness (QED) is 0.766. The van der Waals surface area contributed by atoms with E-state index in [1.54, 1.807) is 12.1 Å². The first-order chi connectivity index (χ1) is 8.75. The highest BCUT2D eigenvalue weighted by molar-refractivity contribution is 5.89. The molecule has 1 aromatic carbocycles. The van der Waals surface area contributed by atoms with Crippen LogP contribution in [0.1, 0.15) is 30.1 Å². The Morgan fingerprint density at radius 3 is 2.61 bits per heavy atom. The molecule has 18 heavy (non-hydrogen) atoms. The zero-order valence-electron chi connectivity index (χ0n) is 11.0. The van der Waals surface area contributed by atoms with E-state index in [2.05, 4.69) is 11.8 Å². The first-order valence-corrected chi connectivity index (χ1v) is 6.70. The van der Waals surface area contributed by atoms with Gasteiger partial charge < -0.3 is 4.74 Å². The molecule has 0 aromatic heterocycles. The van der Waals surface area contributed by atoms with Crippen molar-refractivity contribution >= 4 is 5.97 Å². The van der Waals surface area contributed by atoms with E-state index in [4.69, 9.17) is 4.74 Å². The maximum Gasteiger partial charge on any atom is 0.338 e. The molecular weight excluding hydrogens is 226 g/mol. The zero-order valence-corrected chi connectivity index (χ0v) is 11.0. The van der Waals surface area contributed by atoms with Gasteiger partial charge in [0.15, 0.2) is 0 Å². The van der Waals surface area contributed by atoms with Gasteiger partial charge in [-0.2, -0.15) is 0 Å². The van der Waals surface area contributed by atoms with Crippen LogP contribution in [-0.2, 0) is 4.74 Å². The molecular formula is C15H21NO2. The van der Waals surface area contributed by atoms with Gasteiger partial charge in [0.2, 0.25) is 0 Å². The zero-order chi connectivity index (χ0) is 12.8. The predicted molar refractivity (Wildman–Crippen MR) is 71.6 cm³/mol. The molecule has 3 nitrogen and oxygen atoms in total. The van der Waals surface area contributed by atoms with E-state index >= 15 is 0 Å². The lowest BCUT2D eigenvalue weighted by molar-refractivity contribution is 0.0443. The summed E-state index contributed by atoms with van der Waals surface area (Å²) >= 11 is 0. The maximum atomic E-state index is 11.7. The molecule has 3 heteroatoms. The third-order valence-corrected chi connectivity index (χ3v) is 3.53. The number of carbonyl (C=O) groups is 1. The van der Waals surface area contributed by atoms with Gasteiger partial charge in [-0.1, -0.05) is 25.1 Å². The summed E-state index contributed by atoms with van der Waals surface area (Å²) in [7, 11) is 0. The number of ether oxygens (including phenoxy) is 1. The molecule has 98 valence electrons. The van der Waals surface area contributed by atoms with E-state index in [0.717, 1.165) is 25.6 Å². The predicted octanol–water partition coefficient (Wildman–Crippen LogP) is 2.58. The molecule has 0 saturated carbocycles. The summed E-state index contributed by atoms with van der Waals surface area (Å²) in [5.41, 5.74) is 0.629. The molecule has 0 unspecified atom stereocenters. The summed E-state index contributed by atoms with van der Waals surface area (Å²) in [6.45, 7) is 5.90. The second-order valence-corrected chi connectivity index (χ2v) is 5.03. The Bertz CT molecular complexity index is 369. The first-order valence-electron chi connectivity index (χ1n) is 6.70. The lowest BCUT2D eigenvalue weighted by Gasteiger charge is -2.29. The van der Waals surface area contributed by atoms with E-state index in [9.17, 15) is 4.79 Å². The minimum Gasteiger partial charge on any atom is -0.461 e. The Morgan fingerprint density at radius 2 is 1.94 bits per heavy atom. The van der Waals surface area contributed by atoms with Crippen molar-refractivity contribution in [1.29, 1.82) is 0 Å². The van der Waals surface area contributed by atoms with Gasteiger partial charge in [0.25, 0.3) is 0 Å². The highest BCUT2D eigenvalue weighted by Gasteiger charge is 2.15. The molecule has 1 aliphatic rings. The van der Waals surface area contributed by atoms with Crippen molar-refractivity contribution in [3.05, 3.63) is 35.9 Å². The van der Waals surface area contributed by atoms with Crippen LogP contribution < -0.4 is 0 Å². The molecule has 1 saturated heterocycles. The number of piperidine rings is 1. The number of benzene rings is 1. The van der Waals surface area contributed by atoms with Gasteiger partial charge in [-0.25, -0.2) is 4.79 Å². The maximum absolute atomic E-state index is 11.7. The van der Waals surface area contributed by atoms with Crippen LogP contribution in [0.2, 0.25) is 0 Å². The molecule has 1 fully saturated rings. The van der Waals surface area contributed by atoms with Gasteiger partial charge in [0.1, 0.15) is 6.61 Å². The molecule has 0 radical (unpaired) electrons. The average molecular weight is 247 g/mol. The Kier molecular flexibility index (Phi) is 4.76. The van der Waals surface area contributed by atoms with Crippen LogP contribution >= 0.6 is 0 Å². The van der Waals surface area contributed by atoms with Crippen molar-refractivity contribution in [3.63, 3.8) is 0 Å². The van der Waals surface area contributed by atoms with Gasteiger partial charge >= 0.3 is 5.97 Å². The van der Waals surface area contributed by atoms with E-state index in [1.807, 2.05) is 18.2 Å². The van der Waals surface area contributed by atoms with Crippen molar-refractivity contribution in [2.45, 2.75) is 19.8 Å². The molecule has 0 aliphatic carbocycles. The molecule has 0 N–H and O–H groups in total. The van der Waals surface area contributed by atoms with E-state index in [0.29, 0.717) is 12.2 Å². The van der Waals surface area contributed by atoms with Gasteiger partial charge in [-0.05, 0) is 44.0 Å². The van der Waals surface area contributed by atoms with Crippen LogP contribution in [0.25, 0.3) is 0 Å². The van der Waals surface area contributed by atoms with Crippen LogP contribution in [0.3, 0.4) is 0 Å². The van der Waals surface area contributed by atoms with Crippen LogP contribution in [-0.4, -0.2) is 37.1 Å². The molecule has 2 rings (SSSR count). The summed E-state index contributed by atoms with van der Waals surface area (Å²) in [5.74, 6) is 0.620. The van der Waals surface area contributed by atoms with Crippen molar-refractivity contribution in [3.8, 4) is 0 Å². The standard InChI is InChI=1S/C15H21NO2/c1-13-7-9-16(10-8-13)11-12-18-15(17)14-5-3-2-4-6-14/h2-6,13H,7-12H2,1H3. The molecule has 0 atom stereocenters. The summed E-state index contributed by atoms with van der Waals surface area (Å²) in [5, 5.41) is 0. The van der Waals surface area contributed by atoms with Crippen molar-refractivity contribution in [2.24, 2.45) is 5.92 Å². The number of nitrogens with zero attached hydrogens (tertiary/aromatic N) is 1. The smallest absolute Gasteiger partial charge is 0.338 e. The number of esters is 1. The highest BCUT2D eigenvalue weighted by atomic mass is 16.5. The monoisotopic (exact) mass is 247 g/mol. The third kappa shape index (κ3) is 3.84. The largest absolute Gasteiger partial charge is 0.461 e. The topological polar surface area (TPSA) is 29.5 Å². The molecule has 1 aromatic rings. The number of hydrogen-bond donors (Lipinski definition) is 0. The summed E-state index contributed by atoms with van der Waals surface area (Å²) in [4.78, 5) is 14.1. The van der Waals surface area contributed by atoms with Crippen LogP contribution in [0, 0.1) is 5.92 Å². The molecule has 0 bridgehead atoms. The third-order valence-electron chi connectivity index (χ3n) is 3.53. The summed E-state index contributed by atoms with van der Waals surface area (Å²) < 4.78 is 5.28. The van der Waals surface area contributed by atoms with Gasteiger partial charge in [0, 0.05) is 6.54 Å². The van der Waals surface area contributed by atoms with E-state index in [1.165, 1.54) is 12.8 Å². The Labute approximate surface area is 109 Å². The average Bonchev–Trinajstić information content (AvgIpc) is 2.42. The van der Waals surface area contributed by atoms with Crippen molar-refractivity contribution in [1.82, 2.24) is 4.90 Å². The fourth-order valence-corrected chi connectivity index (χ4v) is 2.21. The normalized spacial score (nSPS) is 17.6. The summed E-state index contributed by atoms with van der Waals surface area (Å²) in [6, 6.07) is 9.16. The van der Waals surface area contributed by atoms with E-state index in [-0.39, 0.29) is 5.97 Å². The van der Waals surface area contributed by atoms with Crippen molar-refractivity contribution < 1.29 is 9.53 Å². The number of rotatable bonds is 4. The van der Waals surface area contributed by atoms with Gasteiger partial charge in [-0.15, -0.1) is 0 Å².